The van der Waals surface area contributed by atoms with Gasteiger partial charge in [0.25, 0.3) is 5.91 Å². The number of nitrogens with one attached hydrogen (secondary N) is 3. The second-order valence-corrected chi connectivity index (χ2v) is 12.2. The summed E-state index contributed by atoms with van der Waals surface area (Å²) in [7, 11) is 0.278. The summed E-state index contributed by atoms with van der Waals surface area (Å²) in [5.74, 6) is -0.931. The lowest BCUT2D eigenvalue weighted by molar-refractivity contribution is -0.124. The van der Waals surface area contributed by atoms with Crippen molar-refractivity contribution in [3.63, 3.8) is 0 Å². The number of carbonyl (C=O) groups excluding carboxylic acids is 3. The highest BCUT2D eigenvalue weighted by Crippen LogP contribution is 2.45. The Balaban J connectivity index is 1.47. The summed E-state index contributed by atoms with van der Waals surface area (Å²) in [4.78, 5) is 38.5. The Bertz CT molecular complexity index is 933. The number of rotatable bonds is 5. The van der Waals surface area contributed by atoms with Gasteiger partial charge in [0.15, 0.2) is 0 Å². The number of alkyl carbamates (subject to hydrolysis) is 1. The van der Waals surface area contributed by atoms with Crippen molar-refractivity contribution in [2.75, 3.05) is 23.8 Å². The molecule has 0 aromatic heterocycles. The first-order valence-corrected chi connectivity index (χ1v) is 13.4. The highest BCUT2D eigenvalue weighted by molar-refractivity contribution is 7.41. The lowest BCUT2D eigenvalue weighted by Gasteiger charge is -2.31. The van der Waals surface area contributed by atoms with Crippen molar-refractivity contribution < 1.29 is 23.9 Å². The molecule has 1 aromatic carbocycles. The van der Waals surface area contributed by atoms with E-state index in [-0.39, 0.29) is 20.4 Å². The molecular weight excluding hydrogens is 453 g/mol. The topological polar surface area (TPSA) is 106 Å². The molecule has 2 fully saturated rings. The van der Waals surface area contributed by atoms with Crippen LogP contribution >= 0.6 is 8.58 Å². The fourth-order valence-corrected chi connectivity index (χ4v) is 6.69. The molecule has 3 aliphatic rings. The Kier molecular flexibility index (Phi) is 7.48. The van der Waals surface area contributed by atoms with E-state index in [0.717, 1.165) is 36.9 Å². The van der Waals surface area contributed by atoms with E-state index >= 15 is 0 Å². The number of hydrogen-bond acceptors (Lipinski definition) is 5. The van der Waals surface area contributed by atoms with E-state index in [9.17, 15) is 14.4 Å². The zero-order valence-corrected chi connectivity index (χ0v) is 21.3. The fraction of sp³-hybridized carbons (Fsp3) is 0.640. The Hall–Kier alpha value is -2.18. The highest BCUT2D eigenvalue weighted by Gasteiger charge is 2.47. The van der Waals surface area contributed by atoms with Crippen LogP contribution in [0, 0.1) is 0 Å². The van der Waals surface area contributed by atoms with Crippen molar-refractivity contribution in [1.29, 1.82) is 0 Å². The van der Waals surface area contributed by atoms with Gasteiger partial charge < -0.3 is 25.4 Å². The average Bonchev–Trinajstić information content (AvgIpc) is 3.03. The molecule has 1 aliphatic carbocycles. The van der Waals surface area contributed by atoms with E-state index in [2.05, 4.69) is 16.0 Å². The predicted molar refractivity (Wildman–Crippen MR) is 134 cm³/mol. The van der Waals surface area contributed by atoms with Gasteiger partial charge in [-0.15, -0.1) is 0 Å². The zero-order valence-electron chi connectivity index (χ0n) is 20.3. The number of benzene rings is 1. The SMILES string of the molecule is CC(C)(C)OC(=O)NC(PC1CCCCC1)C(=O)Nc1ccc2c(c1)NC(=O)C21CCOCC1. The molecule has 4 rings (SSSR count). The summed E-state index contributed by atoms with van der Waals surface area (Å²) in [5.41, 5.74) is 1.53. The normalized spacial score (nSPS) is 21.2. The maximum atomic E-state index is 13.3. The van der Waals surface area contributed by atoms with E-state index in [1.165, 1.54) is 6.42 Å². The third kappa shape index (κ3) is 5.72. The number of amides is 3. The van der Waals surface area contributed by atoms with Gasteiger partial charge in [-0.05, 0) is 69.8 Å². The zero-order chi connectivity index (χ0) is 24.3. The number of ether oxygens (including phenoxy) is 2. The van der Waals surface area contributed by atoms with E-state index in [4.69, 9.17) is 9.47 Å². The van der Waals surface area contributed by atoms with E-state index in [1.807, 2.05) is 18.2 Å². The predicted octanol–water partition coefficient (Wildman–Crippen LogP) is 4.49. The Morgan fingerprint density at radius 2 is 1.88 bits per heavy atom. The quantitative estimate of drug-likeness (QED) is 0.529. The molecule has 2 atom stereocenters. The first-order chi connectivity index (χ1) is 16.2. The molecule has 2 heterocycles. The maximum Gasteiger partial charge on any atom is 0.408 e. The average molecular weight is 490 g/mol. The van der Waals surface area contributed by atoms with Gasteiger partial charge in [0, 0.05) is 24.6 Å². The van der Waals surface area contributed by atoms with Crippen LogP contribution in [0.4, 0.5) is 16.2 Å². The van der Waals surface area contributed by atoms with Gasteiger partial charge in [-0.2, -0.15) is 0 Å². The maximum absolute atomic E-state index is 13.3. The number of anilines is 2. The minimum atomic E-state index is -0.664. The largest absolute Gasteiger partial charge is 0.444 e. The van der Waals surface area contributed by atoms with Crippen LogP contribution in [0.25, 0.3) is 0 Å². The van der Waals surface area contributed by atoms with Crippen LogP contribution in [0.5, 0.6) is 0 Å². The molecule has 1 saturated heterocycles. The van der Waals surface area contributed by atoms with Crippen molar-refractivity contribution >= 4 is 37.9 Å². The molecule has 34 heavy (non-hydrogen) atoms. The lowest BCUT2D eigenvalue weighted by atomic mass is 9.75. The fourth-order valence-electron chi connectivity index (χ4n) is 5.05. The number of fused-ring (bicyclic) bond motifs is 2. The lowest BCUT2D eigenvalue weighted by Crippen LogP contribution is -2.44. The van der Waals surface area contributed by atoms with E-state index < -0.39 is 22.9 Å². The highest BCUT2D eigenvalue weighted by atomic mass is 31.1. The van der Waals surface area contributed by atoms with Crippen LogP contribution in [0.3, 0.4) is 0 Å². The second kappa shape index (κ2) is 10.2. The standard InChI is InChI=1S/C25H36N3O5P/c1-24(2,3)33-23(31)28-21(34-17-7-5-4-6-8-17)20(29)26-16-9-10-18-19(15-16)27-22(30)25(18)11-13-32-14-12-25/h9-10,15,17,21,34H,4-8,11-14H2,1-3H3,(H,26,29)(H,27,30)(H,28,31). The number of hydrogen-bond donors (Lipinski definition) is 3. The summed E-state index contributed by atoms with van der Waals surface area (Å²) < 4.78 is 10.9. The molecule has 2 unspecified atom stereocenters. The summed E-state index contributed by atoms with van der Waals surface area (Å²) in [6.07, 6.45) is 6.43. The number of carbonyl (C=O) groups is 3. The molecule has 1 spiro atoms. The van der Waals surface area contributed by atoms with Gasteiger partial charge in [0.05, 0.1) is 5.41 Å². The summed E-state index contributed by atoms with van der Waals surface area (Å²) in [6.45, 7) is 6.52. The monoisotopic (exact) mass is 489 g/mol. The van der Waals surface area contributed by atoms with Gasteiger partial charge in [0.2, 0.25) is 5.91 Å². The second-order valence-electron chi connectivity index (χ2n) is 10.5. The van der Waals surface area contributed by atoms with Gasteiger partial charge in [0.1, 0.15) is 11.4 Å². The molecule has 1 saturated carbocycles. The molecule has 3 amide bonds. The van der Waals surface area contributed by atoms with Crippen LogP contribution in [0.15, 0.2) is 18.2 Å². The molecule has 9 heteroatoms. The van der Waals surface area contributed by atoms with Crippen LogP contribution in [-0.4, -0.2) is 48.2 Å². The molecule has 2 aliphatic heterocycles. The Labute approximate surface area is 203 Å². The first-order valence-electron chi connectivity index (χ1n) is 12.3. The molecule has 1 aromatic rings. The molecule has 0 bridgehead atoms. The molecule has 3 N–H and O–H groups in total. The first kappa shape index (κ1) is 24.9. The van der Waals surface area contributed by atoms with Crippen molar-refractivity contribution in [1.82, 2.24) is 5.32 Å². The Morgan fingerprint density at radius 1 is 1.18 bits per heavy atom. The van der Waals surface area contributed by atoms with Crippen molar-refractivity contribution in [3.05, 3.63) is 23.8 Å². The van der Waals surface area contributed by atoms with Crippen LogP contribution in [0.2, 0.25) is 0 Å². The van der Waals surface area contributed by atoms with E-state index in [0.29, 0.717) is 37.4 Å². The van der Waals surface area contributed by atoms with Crippen molar-refractivity contribution in [2.45, 2.75) is 88.2 Å². The minimum absolute atomic E-state index is 0.00229. The molecule has 8 nitrogen and oxygen atoms in total. The van der Waals surface area contributed by atoms with E-state index in [1.54, 1.807) is 20.8 Å². The van der Waals surface area contributed by atoms with Crippen LogP contribution in [-0.2, 0) is 24.5 Å². The molecule has 0 radical (unpaired) electrons. The summed E-state index contributed by atoms with van der Waals surface area (Å²) in [5, 5.41) is 8.75. The third-order valence-electron chi connectivity index (χ3n) is 6.76. The van der Waals surface area contributed by atoms with Crippen molar-refractivity contribution in [3.8, 4) is 0 Å². The smallest absolute Gasteiger partial charge is 0.408 e. The summed E-state index contributed by atoms with van der Waals surface area (Å²) >= 11 is 0. The van der Waals surface area contributed by atoms with Gasteiger partial charge in [-0.1, -0.05) is 33.9 Å². The molecular formula is C25H36N3O5P. The minimum Gasteiger partial charge on any atom is -0.444 e. The summed E-state index contributed by atoms with van der Waals surface area (Å²) in [6, 6.07) is 5.57. The van der Waals surface area contributed by atoms with Gasteiger partial charge in [-0.25, -0.2) is 4.79 Å². The Morgan fingerprint density at radius 3 is 2.56 bits per heavy atom. The third-order valence-corrected chi connectivity index (χ3v) is 8.55. The van der Waals surface area contributed by atoms with Crippen LogP contribution < -0.4 is 16.0 Å². The van der Waals surface area contributed by atoms with Gasteiger partial charge in [-0.3, -0.25) is 9.59 Å². The van der Waals surface area contributed by atoms with Gasteiger partial charge >= 0.3 is 6.09 Å². The van der Waals surface area contributed by atoms with Crippen molar-refractivity contribution in [2.24, 2.45) is 0 Å². The van der Waals surface area contributed by atoms with Crippen LogP contribution in [0.1, 0.15) is 71.3 Å². The molecule has 186 valence electrons.